The van der Waals surface area contributed by atoms with Crippen molar-refractivity contribution < 1.29 is 4.79 Å². The Balaban J connectivity index is 1.47. The number of benzene rings is 1. The molecular weight excluding hydrogens is 330 g/mol. The molecule has 0 unspecified atom stereocenters. The highest BCUT2D eigenvalue weighted by molar-refractivity contribution is 7.09. The summed E-state index contributed by atoms with van der Waals surface area (Å²) in [4.78, 5) is 15.6. The fraction of sp³-hybridized carbons (Fsp3) is 0.400. The molecule has 0 saturated carbocycles. The molecule has 2 heterocycles. The summed E-state index contributed by atoms with van der Waals surface area (Å²) in [5.74, 6) is 0.663. The van der Waals surface area contributed by atoms with E-state index in [1.807, 2.05) is 46.7 Å². The van der Waals surface area contributed by atoms with E-state index in [9.17, 15) is 4.79 Å². The van der Waals surface area contributed by atoms with Crippen LogP contribution in [0, 0.1) is 17.2 Å². The van der Waals surface area contributed by atoms with Gasteiger partial charge in [-0.2, -0.15) is 5.26 Å². The molecule has 1 aromatic heterocycles. The largest absolute Gasteiger partial charge is 0.341 e. The minimum absolute atomic E-state index is 0.0743. The lowest BCUT2D eigenvalue weighted by Crippen LogP contribution is -2.48. The molecule has 25 heavy (non-hydrogen) atoms. The van der Waals surface area contributed by atoms with Gasteiger partial charge in [0.2, 0.25) is 5.91 Å². The van der Waals surface area contributed by atoms with Crippen molar-refractivity contribution in [3.8, 4) is 6.07 Å². The molecule has 0 spiro atoms. The topological polar surface area (TPSA) is 70.1 Å². The van der Waals surface area contributed by atoms with Crippen LogP contribution < -0.4 is 5.73 Å². The third-order valence-electron chi connectivity index (χ3n) is 4.85. The molecule has 4 nitrogen and oxygen atoms in total. The number of carbonyl (C=O) groups excluding carboxylic acids is 1. The number of piperidine rings is 1. The molecule has 1 aromatic carbocycles. The molecule has 2 aromatic rings. The van der Waals surface area contributed by atoms with Crippen LogP contribution in [0.4, 0.5) is 0 Å². The number of hydrogen-bond acceptors (Lipinski definition) is 4. The van der Waals surface area contributed by atoms with Crippen LogP contribution in [0.5, 0.6) is 0 Å². The van der Waals surface area contributed by atoms with Gasteiger partial charge in [-0.05, 0) is 54.3 Å². The third-order valence-corrected chi connectivity index (χ3v) is 5.75. The van der Waals surface area contributed by atoms with Crippen LogP contribution in [0.25, 0.3) is 0 Å². The number of nitrogens with zero attached hydrogens (tertiary/aromatic N) is 2. The first-order chi connectivity index (χ1) is 12.2. The molecule has 1 atom stereocenters. The first-order valence-electron chi connectivity index (χ1n) is 8.71. The van der Waals surface area contributed by atoms with Crippen molar-refractivity contribution in [2.75, 3.05) is 13.1 Å². The highest BCUT2D eigenvalue weighted by atomic mass is 32.1. The van der Waals surface area contributed by atoms with Gasteiger partial charge < -0.3 is 10.6 Å². The summed E-state index contributed by atoms with van der Waals surface area (Å²) in [6, 6.07) is 13.5. The molecule has 5 heteroatoms. The maximum absolute atomic E-state index is 12.5. The van der Waals surface area contributed by atoms with Gasteiger partial charge in [-0.25, -0.2) is 0 Å². The number of amides is 1. The Bertz CT molecular complexity index is 725. The molecular formula is C20H23N3OS. The van der Waals surface area contributed by atoms with Gasteiger partial charge in [-0.3, -0.25) is 4.79 Å². The van der Waals surface area contributed by atoms with Crippen LogP contribution in [0.3, 0.4) is 0 Å². The predicted octanol–water partition coefficient (Wildman–Crippen LogP) is 2.97. The Kier molecular flexibility index (Phi) is 5.85. The van der Waals surface area contributed by atoms with Crippen molar-refractivity contribution in [3.05, 3.63) is 57.8 Å². The summed E-state index contributed by atoms with van der Waals surface area (Å²) < 4.78 is 0. The van der Waals surface area contributed by atoms with E-state index in [-0.39, 0.29) is 5.91 Å². The van der Waals surface area contributed by atoms with Gasteiger partial charge in [0.1, 0.15) is 0 Å². The number of carbonyl (C=O) groups is 1. The Labute approximate surface area is 152 Å². The number of hydrogen-bond donors (Lipinski definition) is 1. The van der Waals surface area contributed by atoms with Gasteiger partial charge in [-0.15, -0.1) is 11.3 Å². The Hall–Kier alpha value is -2.16. The van der Waals surface area contributed by atoms with Crippen LogP contribution in [0.1, 0.15) is 28.8 Å². The fourth-order valence-corrected chi connectivity index (χ4v) is 4.14. The second-order valence-corrected chi connectivity index (χ2v) is 7.70. The molecule has 1 amide bonds. The number of nitrogens with two attached hydrogens (primary N) is 1. The van der Waals surface area contributed by atoms with Crippen molar-refractivity contribution in [2.45, 2.75) is 31.7 Å². The normalized spacial score (nSPS) is 16.4. The molecule has 0 aliphatic carbocycles. The van der Waals surface area contributed by atoms with Gasteiger partial charge in [-0.1, -0.05) is 18.2 Å². The minimum Gasteiger partial charge on any atom is -0.341 e. The summed E-state index contributed by atoms with van der Waals surface area (Å²) in [5, 5.41) is 10.9. The summed E-state index contributed by atoms with van der Waals surface area (Å²) in [5.41, 5.74) is 8.07. The Morgan fingerprint density at radius 1 is 1.28 bits per heavy atom. The fourth-order valence-electron chi connectivity index (χ4n) is 3.37. The lowest BCUT2D eigenvalue weighted by atomic mass is 9.89. The van der Waals surface area contributed by atoms with E-state index in [0.29, 0.717) is 17.9 Å². The second-order valence-electron chi connectivity index (χ2n) is 6.67. The summed E-state index contributed by atoms with van der Waals surface area (Å²) in [7, 11) is 0. The van der Waals surface area contributed by atoms with Gasteiger partial charge in [0, 0.05) is 24.4 Å². The first-order valence-corrected chi connectivity index (χ1v) is 9.59. The van der Waals surface area contributed by atoms with Gasteiger partial charge in [0.25, 0.3) is 0 Å². The lowest BCUT2D eigenvalue weighted by molar-refractivity contribution is -0.133. The highest BCUT2D eigenvalue weighted by Crippen LogP contribution is 2.23. The summed E-state index contributed by atoms with van der Waals surface area (Å²) in [6.45, 7) is 1.58. The van der Waals surface area contributed by atoms with Crippen LogP contribution >= 0.6 is 11.3 Å². The Morgan fingerprint density at radius 3 is 2.60 bits per heavy atom. The average molecular weight is 353 g/mol. The van der Waals surface area contributed by atoms with Gasteiger partial charge in [0.15, 0.2) is 0 Å². The molecule has 0 bridgehead atoms. The van der Waals surface area contributed by atoms with Crippen molar-refractivity contribution in [1.82, 2.24) is 4.90 Å². The van der Waals surface area contributed by atoms with E-state index in [0.717, 1.165) is 37.2 Å². The summed E-state index contributed by atoms with van der Waals surface area (Å²) >= 11 is 1.65. The Morgan fingerprint density at radius 2 is 2.00 bits per heavy atom. The number of nitriles is 1. The highest BCUT2D eigenvalue weighted by Gasteiger charge is 2.26. The zero-order chi connectivity index (χ0) is 17.6. The van der Waals surface area contributed by atoms with E-state index in [1.165, 1.54) is 5.56 Å². The zero-order valence-electron chi connectivity index (χ0n) is 14.2. The van der Waals surface area contributed by atoms with Crippen molar-refractivity contribution in [3.63, 3.8) is 0 Å². The van der Waals surface area contributed by atoms with Crippen LogP contribution in [-0.4, -0.2) is 29.9 Å². The number of rotatable bonds is 5. The van der Waals surface area contributed by atoms with Crippen molar-refractivity contribution in [2.24, 2.45) is 11.7 Å². The molecule has 1 saturated heterocycles. The quantitative estimate of drug-likeness (QED) is 0.898. The lowest BCUT2D eigenvalue weighted by Gasteiger charge is -2.33. The third kappa shape index (κ3) is 4.68. The van der Waals surface area contributed by atoms with Crippen LogP contribution in [-0.2, 0) is 17.6 Å². The van der Waals surface area contributed by atoms with Crippen molar-refractivity contribution >= 4 is 17.2 Å². The minimum atomic E-state index is -0.436. The maximum atomic E-state index is 12.5. The maximum Gasteiger partial charge on any atom is 0.239 e. The molecule has 1 fully saturated rings. The van der Waals surface area contributed by atoms with E-state index in [1.54, 1.807) is 11.3 Å². The molecule has 1 aliphatic rings. The van der Waals surface area contributed by atoms with Gasteiger partial charge >= 0.3 is 0 Å². The molecule has 1 aliphatic heterocycles. The molecule has 2 N–H and O–H groups in total. The number of thiophene rings is 1. The summed E-state index contributed by atoms with van der Waals surface area (Å²) in [6.07, 6.45) is 3.66. The first kappa shape index (κ1) is 17.7. The van der Waals surface area contributed by atoms with Crippen molar-refractivity contribution in [1.29, 1.82) is 5.26 Å². The smallest absolute Gasteiger partial charge is 0.239 e. The van der Waals surface area contributed by atoms with E-state index in [2.05, 4.69) is 6.07 Å². The van der Waals surface area contributed by atoms with Gasteiger partial charge in [0.05, 0.1) is 17.7 Å². The van der Waals surface area contributed by atoms with Crippen LogP contribution in [0.15, 0.2) is 41.8 Å². The van der Waals surface area contributed by atoms with Crippen LogP contribution in [0.2, 0.25) is 0 Å². The second kappa shape index (κ2) is 8.28. The van der Waals surface area contributed by atoms with E-state index < -0.39 is 6.04 Å². The van der Waals surface area contributed by atoms with E-state index >= 15 is 0 Å². The average Bonchev–Trinajstić information content (AvgIpc) is 3.15. The molecule has 130 valence electrons. The molecule has 3 rings (SSSR count). The standard InChI is InChI=1S/C20H23N3OS/c21-14-17-5-3-15(4-6-17)12-16-7-9-23(10-8-16)20(24)19(22)13-18-2-1-11-25-18/h1-6,11,16,19H,7-10,12-13,22H2/t19-/m0/s1. The monoisotopic (exact) mass is 353 g/mol. The zero-order valence-corrected chi connectivity index (χ0v) is 15.0. The predicted molar refractivity (Wildman–Crippen MR) is 100 cm³/mol. The number of likely N-dealkylation sites (tertiary alicyclic amines) is 1. The molecule has 0 radical (unpaired) electrons. The SMILES string of the molecule is N#Cc1ccc(CC2CCN(C(=O)[C@@H](N)Cc3cccs3)CC2)cc1. The van der Waals surface area contributed by atoms with E-state index in [4.69, 9.17) is 11.0 Å².